The van der Waals surface area contributed by atoms with Gasteiger partial charge in [0.25, 0.3) is 11.8 Å². The van der Waals surface area contributed by atoms with E-state index in [1.54, 1.807) is 24.3 Å². The van der Waals surface area contributed by atoms with Crippen LogP contribution in [-0.4, -0.2) is 85.8 Å². The van der Waals surface area contributed by atoms with Crippen LogP contribution in [0.1, 0.15) is 164 Å². The van der Waals surface area contributed by atoms with E-state index in [2.05, 4.69) is 44.9 Å². The molecule has 0 spiro atoms. The van der Waals surface area contributed by atoms with Crippen LogP contribution in [0.4, 0.5) is 8.78 Å². The normalized spacial score (nSPS) is 18.8. The summed E-state index contributed by atoms with van der Waals surface area (Å²) in [5.41, 5.74) is 15.2. The van der Waals surface area contributed by atoms with Crippen molar-refractivity contribution in [3.8, 4) is 0 Å². The number of amides is 2. The van der Waals surface area contributed by atoms with Gasteiger partial charge >= 0.3 is 11.9 Å². The molecule has 0 saturated carbocycles. The Morgan fingerprint density at radius 2 is 0.962 bits per heavy atom. The van der Waals surface area contributed by atoms with Crippen molar-refractivity contribution in [1.29, 1.82) is 0 Å². The number of benzene rings is 6. The predicted molar refractivity (Wildman–Crippen MR) is 291 cm³/mol. The third-order valence-corrected chi connectivity index (χ3v) is 17.0. The van der Waals surface area contributed by atoms with Crippen molar-refractivity contribution in [3.63, 3.8) is 0 Å². The number of halogens is 2. The van der Waals surface area contributed by atoms with E-state index in [1.165, 1.54) is 23.3 Å². The standard InChI is InChI=1S/2C31H31FN4O3/c2*1-4-35-28-12-9-22(18(3)30(28)33-34-35)23(16-29(37)38)20-7-6-19-14-21-8-11-27(24(19)15-20)36(21)31(39)25-13-17(2)5-10-26(25)32/h2*5-7,9-10,12-13,15,21,23,27H,4,8,11,14,16H2,1-3H3,(H,37,38)/t21-,23+,27+;21-,23-,27+/m11/s1. The number of aliphatic carboxylic acids is 2. The molecule has 400 valence electrons. The number of hydrogen-bond donors (Lipinski definition) is 2. The second-order valence-corrected chi connectivity index (χ2v) is 21.6. The second kappa shape index (κ2) is 20.7. The van der Waals surface area contributed by atoms with Crippen molar-refractivity contribution < 1.29 is 38.2 Å². The van der Waals surface area contributed by atoms with Gasteiger partial charge in [-0.15, -0.1) is 10.2 Å². The highest BCUT2D eigenvalue weighted by molar-refractivity contribution is 5.96. The van der Waals surface area contributed by atoms with Crippen molar-refractivity contribution in [3.05, 3.63) is 187 Å². The summed E-state index contributed by atoms with van der Waals surface area (Å²) in [6, 6.07) is 29.3. The number of hydrogen-bond acceptors (Lipinski definition) is 8. The van der Waals surface area contributed by atoms with Crippen LogP contribution in [0, 0.1) is 39.3 Å². The zero-order valence-corrected chi connectivity index (χ0v) is 44.6. The molecule has 4 aliphatic heterocycles. The number of carbonyl (C=O) groups is 4. The maximum Gasteiger partial charge on any atom is 0.304 e. The molecule has 0 radical (unpaired) electrons. The first kappa shape index (κ1) is 51.9. The summed E-state index contributed by atoms with van der Waals surface area (Å²) >= 11 is 0. The van der Waals surface area contributed by atoms with Gasteiger partial charge in [0.2, 0.25) is 0 Å². The van der Waals surface area contributed by atoms with E-state index >= 15 is 0 Å². The number of rotatable bonds is 12. The summed E-state index contributed by atoms with van der Waals surface area (Å²) < 4.78 is 33.0. The monoisotopic (exact) mass is 1050 g/mol. The molecule has 2 aromatic heterocycles. The fourth-order valence-corrected chi connectivity index (χ4v) is 13.2. The molecular weight excluding hydrogens is 991 g/mol. The number of carboxylic acids is 2. The minimum absolute atomic E-state index is 0.0291. The van der Waals surface area contributed by atoms with Gasteiger partial charge in [-0.05, 0) is 172 Å². The van der Waals surface area contributed by atoms with Gasteiger partial charge in [-0.1, -0.05) is 82.2 Å². The zero-order chi connectivity index (χ0) is 54.8. The van der Waals surface area contributed by atoms with E-state index in [1.807, 2.05) is 97.1 Å². The maximum atomic E-state index is 14.7. The molecular formula is C62H62F2N8O6. The molecule has 0 unspecified atom stereocenters. The summed E-state index contributed by atoms with van der Waals surface area (Å²) in [4.78, 5) is 55.0. The SMILES string of the molecule is CCn1nnc2c(C)c([C@@H](CC(=O)O)c3ccc4c(c3)[C@@H]3CC[C@H](C4)N3C(=O)c3cc(C)ccc3F)ccc21.CCn1nnc2c(C)c([C@H](CC(=O)O)c3ccc4c(c3)[C@@H]3CC[C@H](C4)N3C(=O)c3cc(C)ccc3F)ccc21. The lowest BCUT2D eigenvalue weighted by Gasteiger charge is -2.37. The number of fused-ring (bicyclic) bond motifs is 10. The predicted octanol–water partition coefficient (Wildman–Crippen LogP) is 11.4. The van der Waals surface area contributed by atoms with Crippen LogP contribution < -0.4 is 0 Å². The van der Waals surface area contributed by atoms with E-state index in [0.29, 0.717) is 25.9 Å². The van der Waals surface area contributed by atoms with Gasteiger partial charge in [-0.25, -0.2) is 18.1 Å². The largest absolute Gasteiger partial charge is 0.481 e. The number of aryl methyl sites for hydroxylation is 6. The molecule has 2 fully saturated rings. The summed E-state index contributed by atoms with van der Waals surface area (Å²) in [6.45, 7) is 13.1. The highest BCUT2D eigenvalue weighted by Crippen LogP contribution is 2.48. The Hall–Kier alpha value is -8.14. The quantitative estimate of drug-likeness (QED) is 0.120. The molecule has 0 aliphatic carbocycles. The lowest BCUT2D eigenvalue weighted by molar-refractivity contribution is -0.138. The average Bonchev–Trinajstić information content (AvgIpc) is 4.35. The molecule has 8 aromatic rings. The number of carboxylic acid groups (broad SMARTS) is 2. The summed E-state index contributed by atoms with van der Waals surface area (Å²) in [7, 11) is 0. The van der Waals surface area contributed by atoms with Crippen LogP contribution >= 0.6 is 0 Å². The maximum absolute atomic E-state index is 14.7. The lowest BCUT2D eigenvalue weighted by Crippen LogP contribution is -2.42. The highest BCUT2D eigenvalue weighted by Gasteiger charge is 2.45. The first-order chi connectivity index (χ1) is 37.5. The average molecular weight is 1050 g/mol. The molecule has 16 heteroatoms. The minimum atomic E-state index is -0.887. The molecule has 6 aromatic carbocycles. The van der Waals surface area contributed by atoms with Gasteiger partial charge in [0.15, 0.2) is 0 Å². The molecule has 14 nitrogen and oxygen atoms in total. The fraction of sp³-hybridized carbons (Fsp3) is 0.355. The Bertz CT molecular complexity index is 3500. The van der Waals surface area contributed by atoms with Crippen LogP contribution in [0.3, 0.4) is 0 Å². The molecule has 2 saturated heterocycles. The first-order valence-corrected chi connectivity index (χ1v) is 27.0. The first-order valence-electron chi connectivity index (χ1n) is 27.0. The molecule has 78 heavy (non-hydrogen) atoms. The zero-order valence-electron chi connectivity index (χ0n) is 44.6. The van der Waals surface area contributed by atoms with Gasteiger partial charge < -0.3 is 20.0 Å². The van der Waals surface area contributed by atoms with Gasteiger partial charge in [0, 0.05) is 37.0 Å². The molecule has 6 atom stereocenters. The number of carbonyl (C=O) groups excluding carboxylic acids is 2. The fourth-order valence-electron chi connectivity index (χ4n) is 13.2. The topological polar surface area (TPSA) is 177 Å². The van der Waals surface area contributed by atoms with E-state index < -0.39 is 23.6 Å². The molecule has 4 bridgehead atoms. The molecule has 12 rings (SSSR count). The van der Waals surface area contributed by atoms with Crippen LogP contribution in [0.15, 0.2) is 97.1 Å². The van der Waals surface area contributed by atoms with E-state index in [0.717, 1.165) is 103 Å². The minimum Gasteiger partial charge on any atom is -0.481 e. The van der Waals surface area contributed by atoms with Gasteiger partial charge in [0.1, 0.15) is 22.7 Å². The van der Waals surface area contributed by atoms with Gasteiger partial charge in [-0.3, -0.25) is 19.2 Å². The number of nitrogens with zero attached hydrogens (tertiary/aromatic N) is 8. The van der Waals surface area contributed by atoms with Gasteiger partial charge in [-0.2, -0.15) is 0 Å². The third-order valence-electron chi connectivity index (χ3n) is 17.0. The van der Waals surface area contributed by atoms with Crippen molar-refractivity contribution >= 4 is 45.8 Å². The van der Waals surface area contributed by atoms with Crippen molar-refractivity contribution in [2.75, 3.05) is 0 Å². The summed E-state index contributed by atoms with van der Waals surface area (Å²) in [5.74, 6) is -4.11. The van der Waals surface area contributed by atoms with Crippen LogP contribution in [0.5, 0.6) is 0 Å². The van der Waals surface area contributed by atoms with Crippen molar-refractivity contribution in [2.45, 2.75) is 142 Å². The van der Waals surface area contributed by atoms with Crippen LogP contribution in [0.2, 0.25) is 0 Å². The Kier molecular flexibility index (Phi) is 13.8. The highest BCUT2D eigenvalue weighted by atomic mass is 19.1. The smallest absolute Gasteiger partial charge is 0.304 e. The van der Waals surface area contributed by atoms with Crippen LogP contribution in [0.25, 0.3) is 22.1 Å². The van der Waals surface area contributed by atoms with Crippen molar-refractivity contribution in [2.24, 2.45) is 0 Å². The Morgan fingerprint density at radius 1 is 0.551 bits per heavy atom. The molecule has 6 heterocycles. The summed E-state index contributed by atoms with van der Waals surface area (Å²) in [5, 5.41) is 36.9. The Labute approximate surface area is 450 Å². The van der Waals surface area contributed by atoms with E-state index in [9.17, 15) is 38.2 Å². The lowest BCUT2D eigenvalue weighted by atomic mass is 9.82. The second-order valence-electron chi connectivity index (χ2n) is 21.6. The van der Waals surface area contributed by atoms with Gasteiger partial charge in [0.05, 0.1) is 47.1 Å². The third kappa shape index (κ3) is 9.17. The van der Waals surface area contributed by atoms with E-state index in [4.69, 9.17) is 0 Å². The van der Waals surface area contributed by atoms with E-state index in [-0.39, 0.29) is 71.8 Å². The molecule has 2 amide bonds. The van der Waals surface area contributed by atoms with Crippen LogP contribution in [-0.2, 0) is 35.5 Å². The van der Waals surface area contributed by atoms with Crippen molar-refractivity contribution in [1.82, 2.24) is 39.8 Å². The number of aromatic nitrogens is 6. The summed E-state index contributed by atoms with van der Waals surface area (Å²) in [6.07, 6.45) is 4.59. The Balaban J connectivity index is 0.000000165. The molecule has 4 aliphatic rings. The molecule has 2 N–H and O–H groups in total. The Morgan fingerprint density at radius 3 is 1.35 bits per heavy atom.